The van der Waals surface area contributed by atoms with Crippen molar-refractivity contribution in [3.8, 4) is 11.3 Å². The Morgan fingerprint density at radius 2 is 2.04 bits per heavy atom. The molecule has 0 bridgehead atoms. The standard InChI is InChI=1S/C17H18N2O5/c1-10(18-20)3-6-16-17(15-7-4-11(2)23-15)13-9-12(19(21)22)5-8-14(13)24-16/h4-5,7-9,19-21H,3,6H2,1-2H3. The molecule has 126 valence electrons. The Labute approximate surface area is 137 Å². The van der Waals surface area contributed by atoms with Gasteiger partial charge in [-0.25, -0.2) is 5.21 Å². The SMILES string of the molecule is CC(CCc1oc2ccc([NH+]([O-])O)cc2c1-c1ccc(C)o1)=NO. The van der Waals surface area contributed by atoms with E-state index in [1.54, 1.807) is 19.1 Å². The first kappa shape index (κ1) is 16.3. The molecule has 1 unspecified atom stereocenters. The summed E-state index contributed by atoms with van der Waals surface area (Å²) in [5.41, 5.74) is 2.11. The average Bonchev–Trinajstić information content (AvgIpc) is 3.14. The Hall–Kier alpha value is -2.61. The quantitative estimate of drug-likeness (QED) is 0.378. The predicted octanol–water partition coefficient (Wildman–Crippen LogP) is 3.19. The molecule has 0 amide bonds. The zero-order chi connectivity index (χ0) is 17.3. The van der Waals surface area contributed by atoms with E-state index in [1.807, 2.05) is 19.1 Å². The van der Waals surface area contributed by atoms with Crippen LogP contribution in [0.4, 0.5) is 5.69 Å². The number of quaternary nitrogens is 1. The second-order valence-corrected chi connectivity index (χ2v) is 5.66. The third-order valence-corrected chi connectivity index (χ3v) is 3.88. The Kier molecular flexibility index (Phi) is 4.39. The van der Waals surface area contributed by atoms with Crippen LogP contribution < -0.4 is 5.23 Å². The van der Waals surface area contributed by atoms with Crippen molar-refractivity contribution in [2.24, 2.45) is 5.16 Å². The predicted molar refractivity (Wildman–Crippen MR) is 87.6 cm³/mol. The van der Waals surface area contributed by atoms with E-state index in [0.29, 0.717) is 41.0 Å². The van der Waals surface area contributed by atoms with Crippen molar-refractivity contribution in [2.45, 2.75) is 26.7 Å². The van der Waals surface area contributed by atoms with Gasteiger partial charge in [0.15, 0.2) is 5.69 Å². The Morgan fingerprint density at radius 3 is 2.67 bits per heavy atom. The highest BCUT2D eigenvalue weighted by Crippen LogP contribution is 2.37. The van der Waals surface area contributed by atoms with Crippen LogP contribution in [0.1, 0.15) is 24.9 Å². The molecule has 0 saturated heterocycles. The van der Waals surface area contributed by atoms with Crippen molar-refractivity contribution >= 4 is 22.4 Å². The molecule has 0 saturated carbocycles. The number of hydrogen-bond donors (Lipinski definition) is 3. The van der Waals surface area contributed by atoms with E-state index >= 15 is 0 Å². The lowest BCUT2D eigenvalue weighted by molar-refractivity contribution is -0.991. The molecule has 1 atom stereocenters. The highest BCUT2D eigenvalue weighted by molar-refractivity contribution is 5.96. The second-order valence-electron chi connectivity index (χ2n) is 5.66. The zero-order valence-corrected chi connectivity index (χ0v) is 13.4. The van der Waals surface area contributed by atoms with E-state index in [1.165, 1.54) is 6.07 Å². The molecule has 7 heteroatoms. The summed E-state index contributed by atoms with van der Waals surface area (Å²) in [4.78, 5) is 0. The topological polar surface area (TPSA) is 107 Å². The van der Waals surface area contributed by atoms with Gasteiger partial charge in [0, 0.05) is 23.9 Å². The number of aryl methyl sites for hydroxylation is 2. The van der Waals surface area contributed by atoms with Crippen LogP contribution in [-0.2, 0) is 6.42 Å². The van der Waals surface area contributed by atoms with Gasteiger partial charge >= 0.3 is 0 Å². The molecule has 3 rings (SSSR count). The molecule has 7 nitrogen and oxygen atoms in total. The lowest BCUT2D eigenvalue weighted by Crippen LogP contribution is -2.99. The van der Waals surface area contributed by atoms with E-state index in [2.05, 4.69) is 5.16 Å². The van der Waals surface area contributed by atoms with Crippen LogP contribution in [0.2, 0.25) is 0 Å². The minimum Gasteiger partial charge on any atom is -0.595 e. The number of fused-ring (bicyclic) bond motifs is 1. The molecule has 0 aliphatic heterocycles. The van der Waals surface area contributed by atoms with E-state index < -0.39 is 5.23 Å². The van der Waals surface area contributed by atoms with Gasteiger partial charge in [-0.3, -0.25) is 0 Å². The first-order valence-electron chi connectivity index (χ1n) is 7.52. The summed E-state index contributed by atoms with van der Waals surface area (Å²) in [6.45, 7) is 3.57. The molecule has 24 heavy (non-hydrogen) atoms. The third-order valence-electron chi connectivity index (χ3n) is 3.88. The number of furan rings is 2. The van der Waals surface area contributed by atoms with Crippen molar-refractivity contribution in [3.63, 3.8) is 0 Å². The van der Waals surface area contributed by atoms with Crippen LogP contribution in [0.5, 0.6) is 0 Å². The number of rotatable bonds is 5. The summed E-state index contributed by atoms with van der Waals surface area (Å²) in [5, 5.41) is 32.2. The van der Waals surface area contributed by atoms with Crippen molar-refractivity contribution in [1.29, 1.82) is 0 Å². The summed E-state index contributed by atoms with van der Waals surface area (Å²) in [7, 11) is 0. The smallest absolute Gasteiger partial charge is 0.164 e. The van der Waals surface area contributed by atoms with Gasteiger partial charge in [0.2, 0.25) is 0 Å². The number of hydrogen-bond acceptors (Lipinski definition) is 6. The fraction of sp³-hybridized carbons (Fsp3) is 0.235. The summed E-state index contributed by atoms with van der Waals surface area (Å²) in [6.07, 6.45) is 1.04. The number of oxime groups is 1. The molecule has 0 aliphatic rings. The van der Waals surface area contributed by atoms with Crippen LogP contribution in [0, 0.1) is 12.1 Å². The second kappa shape index (κ2) is 6.48. The highest BCUT2D eigenvalue weighted by atomic mass is 16.8. The van der Waals surface area contributed by atoms with Crippen LogP contribution >= 0.6 is 0 Å². The molecule has 3 aromatic rings. The third kappa shape index (κ3) is 3.05. The van der Waals surface area contributed by atoms with Crippen molar-refractivity contribution in [1.82, 2.24) is 0 Å². The van der Waals surface area contributed by atoms with Crippen LogP contribution in [-0.4, -0.2) is 16.1 Å². The normalized spacial score (nSPS) is 13.6. The summed E-state index contributed by atoms with van der Waals surface area (Å²) in [6, 6.07) is 8.43. The lowest BCUT2D eigenvalue weighted by Gasteiger charge is -2.10. The number of benzene rings is 1. The minimum absolute atomic E-state index is 0.187. The van der Waals surface area contributed by atoms with Gasteiger partial charge in [-0.1, -0.05) is 5.16 Å². The van der Waals surface area contributed by atoms with E-state index in [4.69, 9.17) is 14.0 Å². The van der Waals surface area contributed by atoms with Crippen molar-refractivity contribution < 1.29 is 24.5 Å². The summed E-state index contributed by atoms with van der Waals surface area (Å²) < 4.78 is 11.6. The highest BCUT2D eigenvalue weighted by Gasteiger charge is 2.20. The molecule has 0 spiro atoms. The van der Waals surface area contributed by atoms with Crippen LogP contribution in [0.3, 0.4) is 0 Å². The van der Waals surface area contributed by atoms with Gasteiger partial charge < -0.3 is 19.2 Å². The van der Waals surface area contributed by atoms with Crippen LogP contribution in [0.15, 0.2) is 44.3 Å². The van der Waals surface area contributed by atoms with Gasteiger partial charge in [-0.15, -0.1) is 0 Å². The maximum atomic E-state index is 11.3. The van der Waals surface area contributed by atoms with E-state index in [9.17, 15) is 10.4 Å². The summed E-state index contributed by atoms with van der Waals surface area (Å²) >= 11 is 0. The Morgan fingerprint density at radius 1 is 1.25 bits per heavy atom. The largest absolute Gasteiger partial charge is 0.595 e. The molecular weight excluding hydrogens is 312 g/mol. The van der Waals surface area contributed by atoms with Gasteiger partial charge in [0.05, 0.1) is 11.3 Å². The van der Waals surface area contributed by atoms with Gasteiger partial charge in [0.25, 0.3) is 0 Å². The molecule has 0 aliphatic carbocycles. The number of nitrogens with one attached hydrogen (secondary N) is 1. The van der Waals surface area contributed by atoms with E-state index in [-0.39, 0.29) is 5.69 Å². The van der Waals surface area contributed by atoms with Gasteiger partial charge in [-0.05, 0) is 38.5 Å². The average molecular weight is 330 g/mol. The zero-order valence-electron chi connectivity index (χ0n) is 13.4. The molecule has 0 fully saturated rings. The monoisotopic (exact) mass is 330 g/mol. The van der Waals surface area contributed by atoms with Crippen LogP contribution in [0.25, 0.3) is 22.3 Å². The Bertz CT molecular complexity index is 892. The first-order valence-corrected chi connectivity index (χ1v) is 7.52. The summed E-state index contributed by atoms with van der Waals surface area (Å²) in [5.74, 6) is 2.06. The minimum atomic E-state index is -0.996. The molecule has 2 aromatic heterocycles. The molecule has 2 heterocycles. The van der Waals surface area contributed by atoms with Gasteiger partial charge in [0.1, 0.15) is 22.9 Å². The Balaban J connectivity index is 2.15. The van der Waals surface area contributed by atoms with Crippen molar-refractivity contribution in [2.75, 3.05) is 0 Å². The fourth-order valence-electron chi connectivity index (χ4n) is 2.64. The van der Waals surface area contributed by atoms with Crippen molar-refractivity contribution in [3.05, 3.63) is 47.1 Å². The first-order chi connectivity index (χ1) is 11.5. The fourth-order valence-corrected chi connectivity index (χ4v) is 2.64. The maximum absolute atomic E-state index is 11.3. The lowest BCUT2D eigenvalue weighted by atomic mass is 10.0. The maximum Gasteiger partial charge on any atom is 0.164 e. The molecule has 0 radical (unpaired) electrons. The van der Waals surface area contributed by atoms with Gasteiger partial charge in [-0.2, -0.15) is 5.23 Å². The molecular formula is C17H18N2O5. The van der Waals surface area contributed by atoms with E-state index in [0.717, 1.165) is 11.3 Å². The number of nitrogens with zero attached hydrogens (tertiary/aromatic N) is 1. The molecule has 1 aromatic carbocycles. The molecule has 3 N–H and O–H groups in total.